The van der Waals surface area contributed by atoms with Gasteiger partial charge < -0.3 is 15.0 Å². The van der Waals surface area contributed by atoms with Crippen LogP contribution in [0.15, 0.2) is 77.7 Å². The van der Waals surface area contributed by atoms with Crippen LogP contribution < -0.4 is 14.4 Å². The molecule has 0 radical (unpaired) electrons. The van der Waals surface area contributed by atoms with E-state index in [-0.39, 0.29) is 28.1 Å². The van der Waals surface area contributed by atoms with Crippen molar-refractivity contribution in [2.75, 3.05) is 24.5 Å². The molecule has 214 valence electrons. The van der Waals surface area contributed by atoms with Gasteiger partial charge in [-0.05, 0) is 55.7 Å². The first kappa shape index (κ1) is 31.0. The number of carbonyl (C=O) groups excluding carboxylic acids is 2. The van der Waals surface area contributed by atoms with Crippen molar-refractivity contribution in [2.24, 2.45) is 0 Å². The molecule has 2 amide bonds. The Hall–Kier alpha value is -3.56. The van der Waals surface area contributed by atoms with E-state index in [4.69, 9.17) is 16.3 Å². The van der Waals surface area contributed by atoms with Crippen LogP contribution >= 0.6 is 11.6 Å². The Kier molecular flexibility index (Phi) is 11.0. The second kappa shape index (κ2) is 14.2. The van der Waals surface area contributed by atoms with Gasteiger partial charge in [0.15, 0.2) is 0 Å². The van der Waals surface area contributed by atoms with Gasteiger partial charge in [0, 0.05) is 13.1 Å². The summed E-state index contributed by atoms with van der Waals surface area (Å²) in [7, 11) is -2.72. The molecule has 10 heteroatoms. The van der Waals surface area contributed by atoms with Gasteiger partial charge in [0.2, 0.25) is 11.8 Å². The van der Waals surface area contributed by atoms with E-state index in [1.807, 2.05) is 45.0 Å². The van der Waals surface area contributed by atoms with Crippen LogP contribution in [0.4, 0.5) is 5.69 Å². The lowest BCUT2D eigenvalue weighted by atomic mass is 10.1. The number of carbonyl (C=O) groups is 2. The van der Waals surface area contributed by atoms with E-state index in [1.54, 1.807) is 24.3 Å². The van der Waals surface area contributed by atoms with Crippen LogP contribution in [0.3, 0.4) is 0 Å². The zero-order valence-corrected chi connectivity index (χ0v) is 24.8. The Bertz CT molecular complexity index is 1400. The summed E-state index contributed by atoms with van der Waals surface area (Å²) in [6.07, 6.45) is 1.10. The van der Waals surface area contributed by atoms with Crippen LogP contribution in [0.5, 0.6) is 5.75 Å². The highest BCUT2D eigenvalue weighted by Crippen LogP contribution is 2.32. The molecule has 0 spiro atoms. The van der Waals surface area contributed by atoms with E-state index in [0.717, 1.165) is 21.9 Å². The minimum atomic E-state index is -4.18. The molecule has 8 nitrogen and oxygen atoms in total. The number of nitrogens with one attached hydrogen (secondary N) is 1. The Balaban J connectivity index is 2.07. The fraction of sp³-hybridized carbons (Fsp3) is 0.333. The normalized spacial score (nSPS) is 11.9. The second-order valence-corrected chi connectivity index (χ2v) is 11.6. The van der Waals surface area contributed by atoms with E-state index in [2.05, 4.69) is 5.32 Å². The number of hydrogen-bond acceptors (Lipinski definition) is 5. The molecule has 3 aromatic rings. The SMILES string of the molecule is CCCNC(=O)[C@H](CC)N(Cc1ccc(C)cc1)C(=O)CN(c1ccc(OC)c(Cl)c1)S(=O)(=O)c1ccccc1. The number of aryl methyl sites for hydroxylation is 1. The van der Waals surface area contributed by atoms with Crippen molar-refractivity contribution >= 4 is 39.1 Å². The predicted molar refractivity (Wildman–Crippen MR) is 158 cm³/mol. The van der Waals surface area contributed by atoms with E-state index in [0.29, 0.717) is 18.7 Å². The van der Waals surface area contributed by atoms with Crippen LogP contribution in [-0.4, -0.2) is 51.4 Å². The van der Waals surface area contributed by atoms with Gasteiger partial charge in [-0.15, -0.1) is 0 Å². The number of anilines is 1. The summed E-state index contributed by atoms with van der Waals surface area (Å²) < 4.78 is 34.0. The lowest BCUT2D eigenvalue weighted by molar-refractivity contribution is -0.140. The van der Waals surface area contributed by atoms with Crippen molar-refractivity contribution in [3.05, 3.63) is 88.9 Å². The predicted octanol–water partition coefficient (Wildman–Crippen LogP) is 5.19. The molecule has 0 heterocycles. The summed E-state index contributed by atoms with van der Waals surface area (Å²) in [5.41, 5.74) is 2.08. The average Bonchev–Trinajstić information content (AvgIpc) is 2.95. The van der Waals surface area contributed by atoms with Gasteiger partial charge in [-0.25, -0.2) is 8.42 Å². The van der Waals surface area contributed by atoms with E-state index < -0.39 is 28.5 Å². The number of rotatable bonds is 13. The van der Waals surface area contributed by atoms with Crippen molar-refractivity contribution in [3.8, 4) is 5.75 Å². The second-order valence-electron chi connectivity index (χ2n) is 9.37. The molecule has 0 fully saturated rings. The maximum atomic E-state index is 14.0. The highest BCUT2D eigenvalue weighted by molar-refractivity contribution is 7.92. The molecule has 1 N–H and O–H groups in total. The number of sulfonamides is 1. The number of benzene rings is 3. The van der Waals surface area contributed by atoms with Crippen LogP contribution in [0.25, 0.3) is 0 Å². The molecule has 40 heavy (non-hydrogen) atoms. The van der Waals surface area contributed by atoms with Crippen molar-refractivity contribution in [1.29, 1.82) is 0 Å². The summed E-state index contributed by atoms with van der Waals surface area (Å²) in [6, 6.07) is 19.3. The molecule has 3 rings (SSSR count). The molecule has 3 aromatic carbocycles. The molecule has 0 saturated carbocycles. The van der Waals surface area contributed by atoms with E-state index in [9.17, 15) is 18.0 Å². The zero-order valence-electron chi connectivity index (χ0n) is 23.3. The third kappa shape index (κ3) is 7.55. The van der Waals surface area contributed by atoms with Crippen LogP contribution in [0.1, 0.15) is 37.8 Å². The molecule has 1 atom stereocenters. The lowest BCUT2D eigenvalue weighted by Gasteiger charge is -2.33. The van der Waals surface area contributed by atoms with Gasteiger partial charge in [0.1, 0.15) is 18.3 Å². The van der Waals surface area contributed by atoms with Crippen LogP contribution in [0.2, 0.25) is 5.02 Å². The molecule has 0 aromatic heterocycles. The van der Waals surface area contributed by atoms with Crippen LogP contribution in [0, 0.1) is 6.92 Å². The van der Waals surface area contributed by atoms with Gasteiger partial charge >= 0.3 is 0 Å². The van der Waals surface area contributed by atoms with Gasteiger partial charge in [0.25, 0.3) is 10.0 Å². The van der Waals surface area contributed by atoms with Gasteiger partial charge in [0.05, 0.1) is 22.7 Å². The minimum absolute atomic E-state index is 0.0209. The number of halogens is 1. The maximum absolute atomic E-state index is 14.0. The average molecular weight is 586 g/mol. The zero-order chi connectivity index (χ0) is 29.3. The summed E-state index contributed by atoms with van der Waals surface area (Å²) in [5, 5.41) is 3.08. The van der Waals surface area contributed by atoms with Crippen molar-refractivity contribution in [3.63, 3.8) is 0 Å². The van der Waals surface area contributed by atoms with Crippen molar-refractivity contribution in [1.82, 2.24) is 10.2 Å². The highest BCUT2D eigenvalue weighted by Gasteiger charge is 2.33. The molecule has 0 aliphatic heterocycles. The first-order chi connectivity index (χ1) is 19.1. The number of ether oxygens (including phenoxy) is 1. The Morgan fingerprint density at radius 1 is 1.00 bits per heavy atom. The summed E-state index contributed by atoms with van der Waals surface area (Å²) in [5.74, 6) is -0.436. The fourth-order valence-corrected chi connectivity index (χ4v) is 5.91. The highest BCUT2D eigenvalue weighted by atomic mass is 35.5. The fourth-order valence-electron chi connectivity index (χ4n) is 4.23. The number of amides is 2. The molecule has 0 aliphatic rings. The quantitative estimate of drug-likeness (QED) is 0.298. The maximum Gasteiger partial charge on any atom is 0.264 e. The van der Waals surface area contributed by atoms with Gasteiger partial charge in [-0.3, -0.25) is 13.9 Å². The Morgan fingerprint density at radius 3 is 2.25 bits per heavy atom. The molecule has 0 saturated heterocycles. The minimum Gasteiger partial charge on any atom is -0.495 e. The molecular weight excluding hydrogens is 550 g/mol. The molecule has 0 bridgehead atoms. The number of hydrogen-bond donors (Lipinski definition) is 1. The summed E-state index contributed by atoms with van der Waals surface area (Å²) in [4.78, 5) is 28.7. The Morgan fingerprint density at radius 2 is 1.68 bits per heavy atom. The monoisotopic (exact) mass is 585 g/mol. The summed E-state index contributed by atoms with van der Waals surface area (Å²) >= 11 is 6.36. The third-order valence-electron chi connectivity index (χ3n) is 6.44. The number of methoxy groups -OCH3 is 1. The van der Waals surface area contributed by atoms with E-state index >= 15 is 0 Å². The van der Waals surface area contributed by atoms with Crippen molar-refractivity contribution < 1.29 is 22.7 Å². The number of nitrogens with zero attached hydrogens (tertiary/aromatic N) is 2. The van der Waals surface area contributed by atoms with Crippen LogP contribution in [-0.2, 0) is 26.2 Å². The third-order valence-corrected chi connectivity index (χ3v) is 8.53. The molecule has 0 unspecified atom stereocenters. The lowest BCUT2D eigenvalue weighted by Crippen LogP contribution is -2.52. The topological polar surface area (TPSA) is 96.0 Å². The smallest absolute Gasteiger partial charge is 0.264 e. The van der Waals surface area contributed by atoms with Crippen molar-refractivity contribution in [2.45, 2.75) is 51.1 Å². The van der Waals surface area contributed by atoms with E-state index in [1.165, 1.54) is 36.3 Å². The van der Waals surface area contributed by atoms with Gasteiger partial charge in [-0.1, -0.05) is 73.5 Å². The molecule has 0 aliphatic carbocycles. The standard InChI is InChI=1S/C30H36ClN3O5S/c1-5-18-32-30(36)27(6-2)33(20-23-14-12-22(3)13-15-23)29(35)21-34(24-16-17-28(39-4)26(31)19-24)40(37,38)25-10-8-7-9-11-25/h7-17,19,27H,5-6,18,20-21H2,1-4H3,(H,32,36)/t27-/m0/s1. The first-order valence-electron chi connectivity index (χ1n) is 13.2. The Labute approximate surface area is 241 Å². The largest absolute Gasteiger partial charge is 0.495 e. The van der Waals surface area contributed by atoms with Gasteiger partial charge in [-0.2, -0.15) is 0 Å². The first-order valence-corrected chi connectivity index (χ1v) is 15.0. The summed E-state index contributed by atoms with van der Waals surface area (Å²) in [6.45, 7) is 5.81. The molecular formula is C30H36ClN3O5S.